The van der Waals surface area contributed by atoms with Crippen molar-refractivity contribution in [2.75, 3.05) is 5.43 Å². The largest absolute Gasteiger partial charge is 0.394 e. The van der Waals surface area contributed by atoms with Crippen LogP contribution in [-0.4, -0.2) is 28.2 Å². The lowest BCUT2D eigenvalue weighted by molar-refractivity contribution is 0.381. The number of aromatic nitrogens is 1. The van der Waals surface area contributed by atoms with Crippen LogP contribution in [0, 0.1) is 5.92 Å². The molecule has 3 N–H and O–H groups in total. The molecule has 0 atom stereocenters. The Labute approximate surface area is 142 Å². The first-order valence-electron chi connectivity index (χ1n) is 7.24. The molecule has 0 bridgehead atoms. The van der Waals surface area contributed by atoms with Gasteiger partial charge < -0.3 is 0 Å². The maximum Gasteiger partial charge on any atom is 0.394 e. The number of rotatable bonds is 5. The van der Waals surface area contributed by atoms with Gasteiger partial charge in [0.05, 0.1) is 17.1 Å². The van der Waals surface area contributed by atoms with Crippen LogP contribution in [0.1, 0.15) is 26.0 Å². The predicted octanol–water partition coefficient (Wildman–Crippen LogP) is 3.29. The highest BCUT2D eigenvalue weighted by Gasteiger charge is 2.07. The number of para-hydroxylation sites is 1. The Balaban J connectivity index is 0.000000505. The van der Waals surface area contributed by atoms with Crippen molar-refractivity contribution in [1.82, 2.24) is 4.98 Å². The first-order chi connectivity index (χ1) is 11.3. The molecule has 0 saturated heterocycles. The van der Waals surface area contributed by atoms with Crippen LogP contribution in [-0.2, 0) is 10.4 Å². The summed E-state index contributed by atoms with van der Waals surface area (Å²) in [5.41, 5.74) is 6.00. The Morgan fingerprint density at radius 1 is 1.12 bits per heavy atom. The predicted molar refractivity (Wildman–Crippen MR) is 94.5 cm³/mol. The van der Waals surface area contributed by atoms with Crippen molar-refractivity contribution in [3.05, 3.63) is 60.4 Å². The molecule has 0 amide bonds. The second kappa shape index (κ2) is 9.76. The van der Waals surface area contributed by atoms with E-state index in [1.807, 2.05) is 48.5 Å². The summed E-state index contributed by atoms with van der Waals surface area (Å²) < 4.78 is 31.6. The fourth-order valence-electron chi connectivity index (χ4n) is 1.77. The van der Waals surface area contributed by atoms with Crippen molar-refractivity contribution < 1.29 is 17.5 Å². The zero-order valence-electron chi connectivity index (χ0n) is 13.5. The summed E-state index contributed by atoms with van der Waals surface area (Å²) in [6.07, 6.45) is 2.70. The summed E-state index contributed by atoms with van der Waals surface area (Å²) in [7, 11) is -4.67. The molecule has 0 spiro atoms. The number of pyridine rings is 1. The van der Waals surface area contributed by atoms with E-state index in [0.29, 0.717) is 5.92 Å². The van der Waals surface area contributed by atoms with Crippen LogP contribution < -0.4 is 5.43 Å². The van der Waals surface area contributed by atoms with Gasteiger partial charge >= 0.3 is 10.4 Å². The molecule has 0 radical (unpaired) electrons. The molecule has 0 saturated carbocycles. The van der Waals surface area contributed by atoms with Crippen molar-refractivity contribution in [1.29, 1.82) is 0 Å². The van der Waals surface area contributed by atoms with Crippen LogP contribution in [0.4, 0.5) is 5.69 Å². The first kappa shape index (κ1) is 19.8. The zero-order valence-corrected chi connectivity index (χ0v) is 14.3. The van der Waals surface area contributed by atoms with Crippen LogP contribution in [0.5, 0.6) is 0 Å². The Hall–Kier alpha value is -2.29. The Bertz CT molecular complexity index is 724. The van der Waals surface area contributed by atoms with Crippen LogP contribution >= 0.6 is 0 Å². The minimum atomic E-state index is -4.67. The molecule has 1 aromatic carbocycles. The highest BCUT2D eigenvalue weighted by atomic mass is 32.3. The SMILES string of the molecule is CC(C)C/C(=N\Nc1ccccc1)c1ccccn1.O=S(=O)(O)O. The molecule has 1 heterocycles. The third kappa shape index (κ3) is 9.67. The molecular formula is C16H21N3O4S. The second-order valence-corrected chi connectivity index (χ2v) is 6.19. The smallest absolute Gasteiger partial charge is 0.278 e. The molecule has 7 nitrogen and oxygen atoms in total. The van der Waals surface area contributed by atoms with Gasteiger partial charge in [0.15, 0.2) is 0 Å². The summed E-state index contributed by atoms with van der Waals surface area (Å²) >= 11 is 0. The highest BCUT2D eigenvalue weighted by molar-refractivity contribution is 7.79. The van der Waals surface area contributed by atoms with Crippen LogP contribution in [0.25, 0.3) is 0 Å². The van der Waals surface area contributed by atoms with Gasteiger partial charge in [-0.1, -0.05) is 38.1 Å². The number of hydrazone groups is 1. The molecule has 130 valence electrons. The summed E-state index contributed by atoms with van der Waals surface area (Å²) in [6, 6.07) is 15.9. The molecular weight excluding hydrogens is 330 g/mol. The van der Waals surface area contributed by atoms with E-state index < -0.39 is 10.4 Å². The van der Waals surface area contributed by atoms with Gasteiger partial charge in [-0.05, 0) is 36.6 Å². The van der Waals surface area contributed by atoms with Crippen molar-refractivity contribution >= 4 is 21.8 Å². The molecule has 1 aromatic heterocycles. The van der Waals surface area contributed by atoms with Gasteiger partial charge in [0.2, 0.25) is 0 Å². The van der Waals surface area contributed by atoms with Crippen LogP contribution in [0.15, 0.2) is 59.8 Å². The number of hydrogen-bond acceptors (Lipinski definition) is 5. The van der Waals surface area contributed by atoms with Gasteiger partial charge in [-0.15, -0.1) is 0 Å². The van der Waals surface area contributed by atoms with E-state index in [4.69, 9.17) is 17.5 Å². The topological polar surface area (TPSA) is 112 Å². The normalized spacial score (nSPS) is 11.6. The molecule has 8 heteroatoms. The van der Waals surface area contributed by atoms with Crippen LogP contribution in [0.3, 0.4) is 0 Å². The van der Waals surface area contributed by atoms with Crippen molar-refractivity contribution in [2.24, 2.45) is 11.0 Å². The summed E-state index contributed by atoms with van der Waals surface area (Å²) in [4.78, 5) is 4.37. The zero-order chi connectivity index (χ0) is 18.0. The van der Waals surface area contributed by atoms with Gasteiger partial charge in [0, 0.05) is 6.20 Å². The lowest BCUT2D eigenvalue weighted by Crippen LogP contribution is -2.09. The number of nitrogens with one attached hydrogen (secondary N) is 1. The van der Waals surface area contributed by atoms with Crippen LogP contribution in [0.2, 0.25) is 0 Å². The summed E-state index contributed by atoms with van der Waals surface area (Å²) in [6.45, 7) is 4.36. The maximum atomic E-state index is 8.74. The average molecular weight is 351 g/mol. The quantitative estimate of drug-likeness (QED) is 0.433. The number of nitrogens with zero attached hydrogens (tertiary/aromatic N) is 2. The van der Waals surface area contributed by atoms with Gasteiger partial charge in [-0.2, -0.15) is 13.5 Å². The monoisotopic (exact) mass is 351 g/mol. The van der Waals surface area contributed by atoms with E-state index >= 15 is 0 Å². The Morgan fingerprint density at radius 3 is 2.21 bits per heavy atom. The fourth-order valence-corrected chi connectivity index (χ4v) is 1.77. The number of benzene rings is 1. The fraction of sp³-hybridized carbons (Fsp3) is 0.250. The minimum absolute atomic E-state index is 0.540. The number of anilines is 1. The van der Waals surface area contributed by atoms with Crippen molar-refractivity contribution in [3.8, 4) is 0 Å². The minimum Gasteiger partial charge on any atom is -0.278 e. The third-order valence-electron chi connectivity index (χ3n) is 2.66. The summed E-state index contributed by atoms with van der Waals surface area (Å²) in [5, 5.41) is 4.51. The lowest BCUT2D eigenvalue weighted by atomic mass is 10.0. The molecule has 24 heavy (non-hydrogen) atoms. The van der Waals surface area contributed by atoms with E-state index in [-0.39, 0.29) is 0 Å². The molecule has 0 aliphatic carbocycles. The molecule has 2 aromatic rings. The molecule has 0 fully saturated rings. The van der Waals surface area contributed by atoms with Gasteiger partial charge in [0.25, 0.3) is 0 Å². The van der Waals surface area contributed by atoms with E-state index in [9.17, 15) is 0 Å². The lowest BCUT2D eigenvalue weighted by Gasteiger charge is -2.09. The van der Waals surface area contributed by atoms with Gasteiger partial charge in [-0.25, -0.2) is 0 Å². The number of hydrogen-bond donors (Lipinski definition) is 3. The van der Waals surface area contributed by atoms with E-state index in [2.05, 4.69) is 29.4 Å². The third-order valence-corrected chi connectivity index (χ3v) is 2.66. The highest BCUT2D eigenvalue weighted by Crippen LogP contribution is 2.10. The Morgan fingerprint density at radius 2 is 1.71 bits per heavy atom. The van der Waals surface area contributed by atoms with Gasteiger partial charge in [0.1, 0.15) is 0 Å². The molecule has 2 rings (SSSR count). The average Bonchev–Trinajstić information content (AvgIpc) is 2.51. The summed E-state index contributed by atoms with van der Waals surface area (Å²) in [5.74, 6) is 0.540. The first-order valence-corrected chi connectivity index (χ1v) is 8.64. The molecule has 0 unspecified atom stereocenters. The molecule has 0 aliphatic heterocycles. The van der Waals surface area contributed by atoms with E-state index in [0.717, 1.165) is 23.5 Å². The van der Waals surface area contributed by atoms with Crippen molar-refractivity contribution in [2.45, 2.75) is 20.3 Å². The maximum absolute atomic E-state index is 8.74. The van der Waals surface area contributed by atoms with E-state index in [1.54, 1.807) is 6.20 Å². The van der Waals surface area contributed by atoms with Crippen molar-refractivity contribution in [3.63, 3.8) is 0 Å². The van der Waals surface area contributed by atoms with E-state index in [1.165, 1.54) is 0 Å². The Kier molecular flexibility index (Phi) is 8.03. The van der Waals surface area contributed by atoms with Gasteiger partial charge in [-0.3, -0.25) is 19.5 Å². The second-order valence-electron chi connectivity index (χ2n) is 5.30. The molecule has 0 aliphatic rings. The standard InChI is InChI=1S/C16H19N3.H2O4S/c1-13(2)12-16(15-10-6-7-11-17-15)19-18-14-8-4-3-5-9-14;1-5(2,3)4/h3-11,13,18H,12H2,1-2H3;(H2,1,2,3,4)/b19-16+;.